The molecule has 0 radical (unpaired) electrons. The molecule has 8 heteroatoms. The number of hydrogen-bond acceptors (Lipinski definition) is 7. The molecule has 0 aliphatic rings. The molecule has 7 nitrogen and oxygen atoms in total. The lowest BCUT2D eigenvalue weighted by Crippen LogP contribution is -2.12. The Morgan fingerprint density at radius 2 is 2.00 bits per heavy atom. The van der Waals surface area contributed by atoms with E-state index in [1.54, 1.807) is 7.11 Å². The molecule has 0 aliphatic heterocycles. The minimum Gasteiger partial charge on any atom is -0.497 e. The molecule has 0 aliphatic carbocycles. The van der Waals surface area contributed by atoms with Gasteiger partial charge in [-0.25, -0.2) is 4.98 Å². The van der Waals surface area contributed by atoms with Crippen LogP contribution in [0.1, 0.15) is 17.9 Å². The zero-order valence-electron chi connectivity index (χ0n) is 15.4. The molecule has 0 fully saturated rings. The predicted octanol–water partition coefficient (Wildman–Crippen LogP) is 4.23. The summed E-state index contributed by atoms with van der Waals surface area (Å²) in [7, 11) is 1.62. The van der Waals surface area contributed by atoms with Gasteiger partial charge in [0.15, 0.2) is 5.13 Å². The number of anilines is 1. The quantitative estimate of drug-likeness (QED) is 0.526. The SMILES string of the molecule is COc1ccc2nc(NC(=O)CCc3nc(-c4ccc(C)cc4)no3)sc2c1. The van der Waals surface area contributed by atoms with Gasteiger partial charge in [-0.1, -0.05) is 46.3 Å². The summed E-state index contributed by atoms with van der Waals surface area (Å²) in [6, 6.07) is 13.5. The molecular formula is C20H18N4O3S. The fourth-order valence-electron chi connectivity index (χ4n) is 2.66. The highest BCUT2D eigenvalue weighted by Crippen LogP contribution is 2.29. The number of carbonyl (C=O) groups excluding carboxylic acids is 1. The molecule has 2 aromatic carbocycles. The van der Waals surface area contributed by atoms with Crippen LogP contribution in [0.4, 0.5) is 5.13 Å². The first kappa shape index (κ1) is 18.1. The van der Waals surface area contributed by atoms with Crippen LogP contribution in [0.25, 0.3) is 21.6 Å². The molecule has 2 aromatic heterocycles. The van der Waals surface area contributed by atoms with Crippen LogP contribution in [0, 0.1) is 6.92 Å². The van der Waals surface area contributed by atoms with Crippen molar-refractivity contribution in [3.05, 3.63) is 53.9 Å². The van der Waals surface area contributed by atoms with Gasteiger partial charge in [-0.2, -0.15) is 4.98 Å². The lowest BCUT2D eigenvalue weighted by molar-refractivity contribution is -0.116. The number of amides is 1. The number of ether oxygens (including phenoxy) is 1. The van der Waals surface area contributed by atoms with Crippen LogP contribution in [0.5, 0.6) is 5.75 Å². The summed E-state index contributed by atoms with van der Waals surface area (Å²) in [5.74, 6) is 1.56. The fourth-order valence-corrected chi connectivity index (χ4v) is 3.57. The van der Waals surface area contributed by atoms with E-state index in [1.807, 2.05) is 49.4 Å². The molecular weight excluding hydrogens is 376 g/mol. The molecule has 28 heavy (non-hydrogen) atoms. The highest BCUT2D eigenvalue weighted by atomic mass is 32.1. The highest BCUT2D eigenvalue weighted by Gasteiger charge is 2.12. The molecule has 1 N–H and O–H groups in total. The number of methoxy groups -OCH3 is 1. The Labute approximate surface area is 165 Å². The van der Waals surface area contributed by atoms with E-state index in [9.17, 15) is 4.79 Å². The normalized spacial score (nSPS) is 10.9. The number of nitrogens with zero attached hydrogens (tertiary/aromatic N) is 3. The summed E-state index contributed by atoms with van der Waals surface area (Å²) in [5, 5.41) is 7.36. The summed E-state index contributed by atoms with van der Waals surface area (Å²) >= 11 is 1.40. The van der Waals surface area contributed by atoms with Crippen molar-refractivity contribution in [2.45, 2.75) is 19.8 Å². The molecule has 0 spiro atoms. The first-order chi connectivity index (χ1) is 13.6. The minimum atomic E-state index is -0.152. The van der Waals surface area contributed by atoms with E-state index in [0.29, 0.717) is 23.3 Å². The Morgan fingerprint density at radius 1 is 1.18 bits per heavy atom. The van der Waals surface area contributed by atoms with E-state index < -0.39 is 0 Å². The molecule has 4 rings (SSSR count). The summed E-state index contributed by atoms with van der Waals surface area (Å²) < 4.78 is 11.4. The topological polar surface area (TPSA) is 90.1 Å². The van der Waals surface area contributed by atoms with Gasteiger partial charge >= 0.3 is 0 Å². The van der Waals surface area contributed by atoms with Gasteiger partial charge in [0, 0.05) is 18.4 Å². The summed E-state index contributed by atoms with van der Waals surface area (Å²) in [6.07, 6.45) is 0.595. The fraction of sp³-hybridized carbons (Fsp3) is 0.200. The molecule has 0 saturated carbocycles. The van der Waals surface area contributed by atoms with Crippen molar-refractivity contribution in [2.24, 2.45) is 0 Å². The van der Waals surface area contributed by atoms with Crippen molar-refractivity contribution < 1.29 is 14.1 Å². The maximum atomic E-state index is 12.2. The predicted molar refractivity (Wildman–Crippen MR) is 108 cm³/mol. The minimum absolute atomic E-state index is 0.152. The van der Waals surface area contributed by atoms with Gasteiger partial charge in [0.25, 0.3) is 0 Å². The van der Waals surface area contributed by atoms with E-state index in [2.05, 4.69) is 20.4 Å². The molecule has 4 aromatic rings. The van der Waals surface area contributed by atoms with Crippen LogP contribution in [0.2, 0.25) is 0 Å². The zero-order chi connectivity index (χ0) is 19.5. The van der Waals surface area contributed by atoms with Crippen LogP contribution in [0.3, 0.4) is 0 Å². The Morgan fingerprint density at radius 3 is 2.79 bits per heavy atom. The number of aryl methyl sites for hydroxylation is 2. The van der Waals surface area contributed by atoms with Gasteiger partial charge in [-0.3, -0.25) is 4.79 Å². The third-order valence-corrected chi connectivity index (χ3v) is 5.12. The van der Waals surface area contributed by atoms with Gasteiger partial charge in [0.05, 0.1) is 17.3 Å². The zero-order valence-corrected chi connectivity index (χ0v) is 16.2. The summed E-state index contributed by atoms with van der Waals surface area (Å²) in [5.41, 5.74) is 2.87. The van der Waals surface area contributed by atoms with Gasteiger partial charge in [0.2, 0.25) is 17.6 Å². The van der Waals surface area contributed by atoms with Crippen LogP contribution in [-0.4, -0.2) is 28.1 Å². The number of hydrogen-bond donors (Lipinski definition) is 1. The van der Waals surface area contributed by atoms with Crippen molar-refractivity contribution in [1.29, 1.82) is 0 Å². The summed E-state index contributed by atoms with van der Waals surface area (Å²) in [6.45, 7) is 2.02. The number of benzene rings is 2. The maximum Gasteiger partial charge on any atom is 0.227 e. The number of aromatic nitrogens is 3. The third kappa shape index (κ3) is 4.01. The second-order valence-corrected chi connectivity index (χ2v) is 7.31. The molecule has 0 unspecified atom stereocenters. The van der Waals surface area contributed by atoms with E-state index in [1.165, 1.54) is 11.3 Å². The Balaban J connectivity index is 1.36. The van der Waals surface area contributed by atoms with Crippen LogP contribution in [-0.2, 0) is 11.2 Å². The van der Waals surface area contributed by atoms with Crippen molar-refractivity contribution >= 4 is 32.6 Å². The Hall–Kier alpha value is -3.26. The van der Waals surface area contributed by atoms with Crippen LogP contribution < -0.4 is 10.1 Å². The van der Waals surface area contributed by atoms with E-state index in [0.717, 1.165) is 27.1 Å². The number of carbonyl (C=O) groups is 1. The highest BCUT2D eigenvalue weighted by molar-refractivity contribution is 7.22. The molecule has 0 saturated heterocycles. The monoisotopic (exact) mass is 394 g/mol. The van der Waals surface area contributed by atoms with E-state index in [4.69, 9.17) is 9.26 Å². The molecule has 1 amide bonds. The standard InChI is InChI=1S/C20H18N4O3S/c1-12-3-5-13(6-4-12)19-23-18(27-24-19)10-9-17(25)22-20-21-15-8-7-14(26-2)11-16(15)28-20/h3-8,11H,9-10H2,1-2H3,(H,21,22,25). The van der Waals surface area contributed by atoms with Gasteiger partial charge < -0.3 is 14.6 Å². The first-order valence-corrected chi connectivity index (χ1v) is 9.56. The van der Waals surface area contributed by atoms with Crippen molar-refractivity contribution in [3.63, 3.8) is 0 Å². The first-order valence-electron chi connectivity index (χ1n) is 8.75. The lowest BCUT2D eigenvalue weighted by atomic mass is 10.1. The smallest absolute Gasteiger partial charge is 0.227 e. The molecule has 2 heterocycles. The van der Waals surface area contributed by atoms with Gasteiger partial charge in [-0.15, -0.1) is 0 Å². The van der Waals surface area contributed by atoms with Crippen molar-refractivity contribution in [3.8, 4) is 17.1 Å². The molecule has 0 atom stereocenters. The van der Waals surface area contributed by atoms with Crippen LogP contribution >= 0.6 is 11.3 Å². The average molecular weight is 394 g/mol. The Bertz CT molecular complexity index is 1120. The maximum absolute atomic E-state index is 12.2. The third-order valence-electron chi connectivity index (χ3n) is 4.19. The molecule has 142 valence electrons. The second kappa shape index (κ2) is 7.77. The van der Waals surface area contributed by atoms with E-state index >= 15 is 0 Å². The van der Waals surface area contributed by atoms with Crippen molar-refractivity contribution in [2.75, 3.05) is 12.4 Å². The van der Waals surface area contributed by atoms with Crippen molar-refractivity contribution in [1.82, 2.24) is 15.1 Å². The number of fused-ring (bicyclic) bond motifs is 1. The van der Waals surface area contributed by atoms with Gasteiger partial charge in [-0.05, 0) is 25.1 Å². The summed E-state index contributed by atoms with van der Waals surface area (Å²) in [4.78, 5) is 21.0. The average Bonchev–Trinajstić information content (AvgIpc) is 3.32. The largest absolute Gasteiger partial charge is 0.497 e. The Kier molecular flexibility index (Phi) is 5.03. The van der Waals surface area contributed by atoms with Crippen LogP contribution in [0.15, 0.2) is 47.0 Å². The van der Waals surface area contributed by atoms with Gasteiger partial charge in [0.1, 0.15) is 5.75 Å². The van der Waals surface area contributed by atoms with E-state index in [-0.39, 0.29) is 12.3 Å². The number of rotatable bonds is 6. The number of thiazole rings is 1. The number of nitrogens with one attached hydrogen (secondary N) is 1. The lowest BCUT2D eigenvalue weighted by Gasteiger charge is -1.98. The molecule has 0 bridgehead atoms. The second-order valence-electron chi connectivity index (χ2n) is 6.28.